The molecular weight excluding hydrogens is 494 g/mol. The molecule has 4 rings (SSSR count). The second kappa shape index (κ2) is 9.81. The van der Waals surface area contributed by atoms with Crippen molar-refractivity contribution >= 4 is 33.0 Å². The molecule has 0 aliphatic rings. The molecule has 7 heteroatoms. The van der Waals surface area contributed by atoms with Crippen molar-refractivity contribution in [3.8, 4) is 22.9 Å². The van der Waals surface area contributed by atoms with Crippen LogP contribution in [0.4, 0.5) is 0 Å². The molecule has 0 saturated carbocycles. The Morgan fingerprint density at radius 2 is 1.74 bits per heavy atom. The summed E-state index contributed by atoms with van der Waals surface area (Å²) in [7, 11) is 0. The monoisotopic (exact) mass is 519 g/mol. The summed E-state index contributed by atoms with van der Waals surface area (Å²) in [5.41, 5.74) is 1.54. The van der Waals surface area contributed by atoms with Crippen LogP contribution < -0.4 is 15.0 Å². The molecule has 0 saturated heterocycles. The van der Waals surface area contributed by atoms with E-state index in [1.807, 2.05) is 88.4 Å². The Hall–Kier alpha value is -3.45. The molecule has 4 aromatic rings. The average molecular weight is 520 g/mol. The van der Waals surface area contributed by atoms with Gasteiger partial charge in [-0.25, -0.2) is 4.98 Å². The van der Waals surface area contributed by atoms with E-state index >= 15 is 0 Å². The fraction of sp³-hybridized carbons (Fsp3) is 0.222. The Morgan fingerprint density at radius 3 is 2.44 bits per heavy atom. The zero-order valence-electron chi connectivity index (χ0n) is 19.6. The summed E-state index contributed by atoms with van der Waals surface area (Å²) in [6.45, 7) is 8.36. The Bertz CT molecular complexity index is 1410. The Kier molecular flexibility index (Phi) is 6.84. The molecule has 0 aliphatic carbocycles. The first-order chi connectivity index (χ1) is 16.3. The predicted molar refractivity (Wildman–Crippen MR) is 140 cm³/mol. The third kappa shape index (κ3) is 5.20. The Balaban J connectivity index is 1.85. The van der Waals surface area contributed by atoms with Crippen LogP contribution >= 0.6 is 15.9 Å². The number of nitrogens with zero attached hydrogens (tertiary/aromatic N) is 3. The van der Waals surface area contributed by atoms with Crippen LogP contribution in [0.3, 0.4) is 0 Å². The third-order valence-corrected chi connectivity index (χ3v) is 5.56. The lowest BCUT2D eigenvalue weighted by Crippen LogP contribution is -2.23. The van der Waals surface area contributed by atoms with Crippen molar-refractivity contribution in [3.63, 3.8) is 0 Å². The predicted octanol–water partition coefficient (Wildman–Crippen LogP) is 6.28. The van der Waals surface area contributed by atoms with Crippen LogP contribution in [0.15, 0.2) is 81.1 Å². The number of ether oxygens (including phenoxy) is 2. The number of halogens is 1. The van der Waals surface area contributed by atoms with Crippen LogP contribution in [0.5, 0.6) is 11.5 Å². The second-order valence-corrected chi connectivity index (χ2v) is 9.50. The smallest absolute Gasteiger partial charge is 0.282 e. The second-order valence-electron chi connectivity index (χ2n) is 8.65. The van der Waals surface area contributed by atoms with Gasteiger partial charge >= 0.3 is 0 Å². The van der Waals surface area contributed by atoms with Crippen molar-refractivity contribution in [3.05, 3.63) is 87.1 Å². The number of para-hydroxylation sites is 1. The molecule has 3 aromatic carbocycles. The number of fused-ring (bicyclic) bond motifs is 1. The molecule has 1 aromatic heterocycles. The van der Waals surface area contributed by atoms with Gasteiger partial charge in [0.25, 0.3) is 5.56 Å². The summed E-state index contributed by atoms with van der Waals surface area (Å²) >= 11 is 3.61. The highest BCUT2D eigenvalue weighted by molar-refractivity contribution is 9.10. The van der Waals surface area contributed by atoms with E-state index in [4.69, 9.17) is 14.5 Å². The van der Waals surface area contributed by atoms with Gasteiger partial charge in [0.2, 0.25) is 0 Å². The lowest BCUT2D eigenvalue weighted by Gasteiger charge is -2.23. The molecule has 0 atom stereocenters. The topological polar surface area (TPSA) is 65.7 Å². The molecule has 0 radical (unpaired) electrons. The van der Waals surface area contributed by atoms with Gasteiger partial charge in [-0.1, -0.05) is 42.5 Å². The molecule has 0 aliphatic heterocycles. The number of hydrogen-bond acceptors (Lipinski definition) is 5. The fourth-order valence-corrected chi connectivity index (χ4v) is 3.88. The van der Waals surface area contributed by atoms with Crippen molar-refractivity contribution in [1.82, 2.24) is 9.66 Å². The zero-order valence-corrected chi connectivity index (χ0v) is 21.2. The van der Waals surface area contributed by atoms with Gasteiger partial charge in [-0.2, -0.15) is 9.78 Å². The minimum atomic E-state index is -0.379. The van der Waals surface area contributed by atoms with Gasteiger partial charge in [0.1, 0.15) is 5.60 Å². The van der Waals surface area contributed by atoms with Crippen LogP contribution in [0.2, 0.25) is 0 Å². The molecule has 34 heavy (non-hydrogen) atoms. The van der Waals surface area contributed by atoms with E-state index in [2.05, 4.69) is 21.0 Å². The maximum Gasteiger partial charge on any atom is 0.282 e. The molecule has 0 fully saturated rings. The van der Waals surface area contributed by atoms with Gasteiger partial charge < -0.3 is 9.47 Å². The number of benzene rings is 3. The maximum atomic E-state index is 13.4. The molecular formula is C27H26BrN3O3. The maximum absolute atomic E-state index is 13.4. The normalized spacial score (nSPS) is 11.8. The molecule has 1 heterocycles. The van der Waals surface area contributed by atoms with Gasteiger partial charge in [0.15, 0.2) is 17.3 Å². The van der Waals surface area contributed by atoms with Crippen molar-refractivity contribution in [2.24, 2.45) is 5.10 Å². The molecule has 174 valence electrons. The third-order valence-electron chi connectivity index (χ3n) is 4.88. The molecule has 6 nitrogen and oxygen atoms in total. The van der Waals surface area contributed by atoms with Crippen molar-refractivity contribution < 1.29 is 9.47 Å². The summed E-state index contributed by atoms with van der Waals surface area (Å²) < 4.78 is 14.0. The Morgan fingerprint density at radius 1 is 1.03 bits per heavy atom. The van der Waals surface area contributed by atoms with Crippen LogP contribution in [-0.2, 0) is 0 Å². The lowest BCUT2D eigenvalue weighted by molar-refractivity contribution is 0.124. The Labute approximate surface area is 207 Å². The fourth-order valence-electron chi connectivity index (χ4n) is 3.45. The summed E-state index contributed by atoms with van der Waals surface area (Å²) in [6.07, 6.45) is 1.62. The van der Waals surface area contributed by atoms with E-state index in [0.29, 0.717) is 34.8 Å². The van der Waals surface area contributed by atoms with Gasteiger partial charge in [-0.3, -0.25) is 4.79 Å². The SMILES string of the molecule is CCOc1cc(C=Nn2c(-c3ccccc3)nc3ccccc3c2=O)c(Br)cc1OC(C)(C)C. The lowest BCUT2D eigenvalue weighted by atomic mass is 10.1. The van der Waals surface area contributed by atoms with E-state index in [0.717, 1.165) is 15.6 Å². The van der Waals surface area contributed by atoms with E-state index in [1.54, 1.807) is 12.3 Å². The number of aromatic nitrogens is 2. The molecule has 0 spiro atoms. The largest absolute Gasteiger partial charge is 0.490 e. The average Bonchev–Trinajstić information content (AvgIpc) is 2.80. The first kappa shape index (κ1) is 23.7. The minimum Gasteiger partial charge on any atom is -0.490 e. The molecule has 0 N–H and O–H groups in total. The minimum absolute atomic E-state index is 0.241. The molecule has 0 unspecified atom stereocenters. The highest BCUT2D eigenvalue weighted by Gasteiger charge is 2.18. The summed E-state index contributed by atoms with van der Waals surface area (Å²) in [5, 5.41) is 5.06. The van der Waals surface area contributed by atoms with Gasteiger partial charge in [-0.15, -0.1) is 0 Å². The summed E-state index contributed by atoms with van der Waals surface area (Å²) in [6, 6.07) is 20.5. The van der Waals surface area contributed by atoms with Crippen LogP contribution in [0, 0.1) is 0 Å². The number of rotatable bonds is 6. The highest BCUT2D eigenvalue weighted by Crippen LogP contribution is 2.35. The summed E-state index contributed by atoms with van der Waals surface area (Å²) in [4.78, 5) is 18.1. The standard InChI is InChI=1S/C27H26BrN3O3/c1-5-33-23-15-19(21(28)16-24(23)34-27(2,3)4)17-29-31-25(18-11-7-6-8-12-18)30-22-14-10-9-13-20(22)26(31)32/h6-17H,5H2,1-4H3. The van der Waals surface area contributed by atoms with Gasteiger partial charge in [0, 0.05) is 15.6 Å². The van der Waals surface area contributed by atoms with E-state index in [1.165, 1.54) is 4.68 Å². The van der Waals surface area contributed by atoms with Crippen LogP contribution in [-0.4, -0.2) is 28.1 Å². The van der Waals surface area contributed by atoms with E-state index < -0.39 is 0 Å². The van der Waals surface area contributed by atoms with E-state index in [-0.39, 0.29) is 11.2 Å². The quantitative estimate of drug-likeness (QED) is 0.281. The van der Waals surface area contributed by atoms with Crippen molar-refractivity contribution in [2.45, 2.75) is 33.3 Å². The van der Waals surface area contributed by atoms with Crippen LogP contribution in [0.25, 0.3) is 22.3 Å². The summed E-state index contributed by atoms with van der Waals surface area (Å²) in [5.74, 6) is 1.71. The van der Waals surface area contributed by atoms with E-state index in [9.17, 15) is 4.79 Å². The van der Waals surface area contributed by atoms with Crippen molar-refractivity contribution in [2.75, 3.05) is 6.61 Å². The van der Waals surface area contributed by atoms with Crippen molar-refractivity contribution in [1.29, 1.82) is 0 Å². The zero-order chi connectivity index (χ0) is 24.3. The number of hydrogen-bond donors (Lipinski definition) is 0. The van der Waals surface area contributed by atoms with Gasteiger partial charge in [-0.05, 0) is 67.9 Å². The molecule has 0 bridgehead atoms. The van der Waals surface area contributed by atoms with Crippen LogP contribution in [0.1, 0.15) is 33.3 Å². The first-order valence-corrected chi connectivity index (χ1v) is 11.8. The van der Waals surface area contributed by atoms with Gasteiger partial charge in [0.05, 0.1) is 23.7 Å². The first-order valence-electron chi connectivity index (χ1n) is 11.0. The highest BCUT2D eigenvalue weighted by atomic mass is 79.9. The molecule has 0 amide bonds.